The predicted octanol–water partition coefficient (Wildman–Crippen LogP) is 4.97. The molecule has 8 heteroatoms. The van der Waals surface area contributed by atoms with E-state index in [-0.39, 0.29) is 18.0 Å². The molecule has 0 saturated heterocycles. The van der Waals surface area contributed by atoms with E-state index < -0.39 is 0 Å². The van der Waals surface area contributed by atoms with Crippen LogP contribution in [0.15, 0.2) is 60.8 Å². The lowest BCUT2D eigenvalue weighted by Crippen LogP contribution is -2.34. The lowest BCUT2D eigenvalue weighted by atomic mass is 10.1. The number of rotatable bonds is 7. The van der Waals surface area contributed by atoms with Gasteiger partial charge in [0.1, 0.15) is 0 Å². The van der Waals surface area contributed by atoms with Crippen molar-refractivity contribution in [1.82, 2.24) is 10.3 Å². The summed E-state index contributed by atoms with van der Waals surface area (Å²) in [5.74, 6) is 1.13. The number of anilines is 2. The summed E-state index contributed by atoms with van der Waals surface area (Å²) in [5.41, 5.74) is 2.27. The Labute approximate surface area is 187 Å². The molecule has 0 atom stereocenters. The summed E-state index contributed by atoms with van der Waals surface area (Å²) in [7, 11) is 1.58. The van der Waals surface area contributed by atoms with Gasteiger partial charge < -0.3 is 25.4 Å². The van der Waals surface area contributed by atoms with Crippen molar-refractivity contribution < 1.29 is 19.1 Å². The smallest absolute Gasteiger partial charge is 0.319 e. The van der Waals surface area contributed by atoms with Crippen molar-refractivity contribution >= 4 is 23.3 Å². The predicted molar refractivity (Wildman–Crippen MR) is 124 cm³/mol. The Morgan fingerprint density at radius 2 is 1.75 bits per heavy atom. The molecule has 0 bridgehead atoms. The van der Waals surface area contributed by atoms with Gasteiger partial charge in [-0.2, -0.15) is 0 Å². The fourth-order valence-corrected chi connectivity index (χ4v) is 2.90. The molecule has 0 aliphatic heterocycles. The van der Waals surface area contributed by atoms with Crippen molar-refractivity contribution in [3.05, 3.63) is 71.9 Å². The third kappa shape index (κ3) is 5.98. The first-order chi connectivity index (χ1) is 15.4. The summed E-state index contributed by atoms with van der Waals surface area (Å²) in [6.07, 6.45) is 1.50. The van der Waals surface area contributed by atoms with Gasteiger partial charge in [-0.25, -0.2) is 9.78 Å². The number of aromatic nitrogens is 1. The molecule has 0 saturated carbocycles. The molecule has 32 heavy (non-hydrogen) atoms. The number of nitrogens with zero attached hydrogens (tertiary/aromatic N) is 1. The fraction of sp³-hybridized carbons (Fsp3) is 0.208. The molecule has 8 nitrogen and oxygen atoms in total. The molecule has 0 radical (unpaired) electrons. The molecule has 1 aromatic heterocycles. The number of hydrogen-bond donors (Lipinski definition) is 3. The van der Waals surface area contributed by atoms with Crippen molar-refractivity contribution in [2.45, 2.75) is 26.8 Å². The maximum atomic E-state index is 12.8. The zero-order valence-electron chi connectivity index (χ0n) is 18.4. The van der Waals surface area contributed by atoms with Gasteiger partial charge in [-0.15, -0.1) is 0 Å². The molecule has 1 heterocycles. The maximum Gasteiger partial charge on any atom is 0.319 e. The van der Waals surface area contributed by atoms with Crippen LogP contribution in [-0.2, 0) is 0 Å². The Bertz CT molecular complexity index is 1100. The fourth-order valence-electron chi connectivity index (χ4n) is 2.90. The van der Waals surface area contributed by atoms with Gasteiger partial charge in [-0.3, -0.25) is 4.79 Å². The molecular formula is C24H26N4O4. The monoisotopic (exact) mass is 434 g/mol. The van der Waals surface area contributed by atoms with Crippen LogP contribution in [0.1, 0.15) is 29.8 Å². The zero-order valence-corrected chi connectivity index (χ0v) is 18.4. The molecule has 3 N–H and O–H groups in total. The lowest BCUT2D eigenvalue weighted by Gasteiger charge is -2.14. The van der Waals surface area contributed by atoms with Gasteiger partial charge in [0, 0.05) is 12.1 Å². The number of aryl methyl sites for hydroxylation is 1. The Kier molecular flexibility index (Phi) is 7.28. The standard InChI is InChI=1S/C24H26N4O4/c1-15(2)26-24(30)28-19-8-6-5-7-18(19)23(29)27-17-10-12-22(25-14-17)32-20-11-9-16(3)13-21(20)31-4/h5-15H,1-4H3,(H,27,29)(H2,26,28,30). The average Bonchev–Trinajstić information content (AvgIpc) is 2.76. The summed E-state index contributed by atoms with van der Waals surface area (Å²) in [4.78, 5) is 29.0. The number of carbonyl (C=O) groups is 2. The minimum Gasteiger partial charge on any atom is -0.493 e. The molecular weight excluding hydrogens is 408 g/mol. The number of carbonyl (C=O) groups excluding carboxylic acids is 2. The van der Waals surface area contributed by atoms with Crippen LogP contribution < -0.4 is 25.4 Å². The van der Waals surface area contributed by atoms with E-state index in [4.69, 9.17) is 9.47 Å². The van der Waals surface area contributed by atoms with Crippen molar-refractivity contribution in [3.8, 4) is 17.4 Å². The highest BCUT2D eigenvalue weighted by Crippen LogP contribution is 2.31. The first-order valence-corrected chi connectivity index (χ1v) is 10.1. The summed E-state index contributed by atoms with van der Waals surface area (Å²) in [5, 5.41) is 8.21. The largest absolute Gasteiger partial charge is 0.493 e. The first-order valence-electron chi connectivity index (χ1n) is 10.1. The highest BCUT2D eigenvalue weighted by molar-refractivity contribution is 6.09. The van der Waals surface area contributed by atoms with Crippen molar-refractivity contribution in [2.24, 2.45) is 0 Å². The Hall–Kier alpha value is -4.07. The highest BCUT2D eigenvalue weighted by atomic mass is 16.5. The number of methoxy groups -OCH3 is 1. The van der Waals surface area contributed by atoms with Crippen LogP contribution in [0, 0.1) is 6.92 Å². The molecule has 0 unspecified atom stereocenters. The van der Waals surface area contributed by atoms with Gasteiger partial charge in [0.05, 0.1) is 30.2 Å². The van der Waals surface area contributed by atoms with E-state index in [2.05, 4.69) is 20.9 Å². The molecule has 3 amide bonds. The maximum absolute atomic E-state index is 12.8. The average molecular weight is 434 g/mol. The van der Waals surface area contributed by atoms with Gasteiger partial charge in [-0.1, -0.05) is 18.2 Å². The summed E-state index contributed by atoms with van der Waals surface area (Å²) in [6, 6.07) is 15.3. The summed E-state index contributed by atoms with van der Waals surface area (Å²) >= 11 is 0. The number of hydrogen-bond acceptors (Lipinski definition) is 5. The van der Waals surface area contributed by atoms with Crippen molar-refractivity contribution in [1.29, 1.82) is 0 Å². The van der Waals surface area contributed by atoms with Crippen LogP contribution in [0.5, 0.6) is 17.4 Å². The quantitative estimate of drug-likeness (QED) is 0.487. The first kappa shape index (κ1) is 22.6. The van der Waals surface area contributed by atoms with Crippen LogP contribution in [0.4, 0.5) is 16.2 Å². The number of para-hydroxylation sites is 1. The Morgan fingerprint density at radius 3 is 2.44 bits per heavy atom. The van der Waals surface area contributed by atoms with Gasteiger partial charge in [-0.05, 0) is 56.7 Å². The minimum absolute atomic E-state index is 0.0253. The number of urea groups is 1. The second-order valence-corrected chi connectivity index (χ2v) is 7.39. The topological polar surface area (TPSA) is 102 Å². The van der Waals surface area contributed by atoms with Crippen LogP contribution in [0.25, 0.3) is 0 Å². The number of nitrogens with one attached hydrogen (secondary N) is 3. The van der Waals surface area contributed by atoms with Crippen molar-refractivity contribution in [2.75, 3.05) is 17.7 Å². The summed E-state index contributed by atoms with van der Waals surface area (Å²) in [6.45, 7) is 5.67. The van der Waals surface area contributed by atoms with E-state index in [0.717, 1.165) is 5.56 Å². The van der Waals surface area contributed by atoms with Crippen molar-refractivity contribution in [3.63, 3.8) is 0 Å². The lowest BCUT2D eigenvalue weighted by molar-refractivity contribution is 0.102. The number of pyridine rings is 1. The molecule has 3 rings (SSSR count). The van der Waals surface area contributed by atoms with E-state index in [1.165, 1.54) is 6.20 Å². The normalized spacial score (nSPS) is 10.4. The van der Waals surface area contributed by atoms with Gasteiger partial charge in [0.15, 0.2) is 11.5 Å². The van der Waals surface area contributed by atoms with E-state index >= 15 is 0 Å². The SMILES string of the molecule is COc1cc(C)ccc1Oc1ccc(NC(=O)c2ccccc2NC(=O)NC(C)C)cn1. The van der Waals surface area contributed by atoms with Gasteiger partial charge in [0.2, 0.25) is 5.88 Å². The molecule has 0 spiro atoms. The van der Waals surface area contributed by atoms with E-state index in [1.807, 2.05) is 39.0 Å². The molecule has 0 aliphatic carbocycles. The highest BCUT2D eigenvalue weighted by Gasteiger charge is 2.14. The van der Waals surface area contributed by atoms with Gasteiger partial charge >= 0.3 is 6.03 Å². The third-order valence-electron chi connectivity index (χ3n) is 4.37. The number of amides is 3. The van der Waals surface area contributed by atoms with E-state index in [0.29, 0.717) is 34.3 Å². The Balaban J connectivity index is 1.69. The molecule has 2 aromatic carbocycles. The summed E-state index contributed by atoms with van der Waals surface area (Å²) < 4.78 is 11.1. The molecule has 0 fully saturated rings. The Morgan fingerprint density at radius 1 is 0.969 bits per heavy atom. The second-order valence-electron chi connectivity index (χ2n) is 7.39. The molecule has 0 aliphatic rings. The minimum atomic E-state index is -0.380. The van der Waals surface area contributed by atoms with Crippen LogP contribution in [0.3, 0.4) is 0 Å². The third-order valence-corrected chi connectivity index (χ3v) is 4.37. The van der Waals surface area contributed by atoms with Crippen LogP contribution in [-0.4, -0.2) is 30.1 Å². The van der Waals surface area contributed by atoms with E-state index in [9.17, 15) is 9.59 Å². The van der Waals surface area contributed by atoms with E-state index in [1.54, 1.807) is 43.5 Å². The number of ether oxygens (including phenoxy) is 2. The van der Waals surface area contributed by atoms with Crippen LogP contribution in [0.2, 0.25) is 0 Å². The molecule has 3 aromatic rings. The number of benzene rings is 2. The van der Waals surface area contributed by atoms with Gasteiger partial charge in [0.25, 0.3) is 5.91 Å². The molecule has 166 valence electrons. The van der Waals surface area contributed by atoms with Crippen LogP contribution >= 0.6 is 0 Å². The second kappa shape index (κ2) is 10.3. The zero-order chi connectivity index (χ0) is 23.1.